The fourth-order valence-corrected chi connectivity index (χ4v) is 2.15. The third kappa shape index (κ3) is 3.94. The molecule has 0 aliphatic carbocycles. The van der Waals surface area contributed by atoms with Gasteiger partial charge in [0.05, 0.1) is 6.61 Å². The minimum atomic E-state index is 0.558. The van der Waals surface area contributed by atoms with E-state index in [2.05, 4.69) is 4.98 Å². The van der Waals surface area contributed by atoms with Gasteiger partial charge in [-0.25, -0.2) is 0 Å². The Hall–Kier alpha value is -1.58. The van der Waals surface area contributed by atoms with Gasteiger partial charge in [0.2, 0.25) is 0 Å². The quantitative estimate of drug-likeness (QED) is 0.883. The second-order valence-electron chi connectivity index (χ2n) is 4.21. The van der Waals surface area contributed by atoms with Crippen LogP contribution in [0.1, 0.15) is 11.1 Å². The summed E-state index contributed by atoms with van der Waals surface area (Å²) < 4.78 is 5.81. The normalized spacial score (nSPS) is 10.4. The fraction of sp³-hybridized carbons (Fsp3) is 0.267. The van der Waals surface area contributed by atoms with Crippen molar-refractivity contribution in [1.29, 1.82) is 0 Å². The van der Waals surface area contributed by atoms with E-state index in [1.165, 1.54) is 0 Å². The predicted molar refractivity (Wildman–Crippen MR) is 77.6 cm³/mol. The van der Waals surface area contributed by atoms with Gasteiger partial charge in [-0.1, -0.05) is 23.7 Å². The van der Waals surface area contributed by atoms with Crippen molar-refractivity contribution in [3.63, 3.8) is 0 Å². The number of ether oxygens (including phenoxy) is 1. The smallest absolute Gasteiger partial charge is 0.124 e. The Morgan fingerprint density at radius 1 is 1.16 bits per heavy atom. The Morgan fingerprint density at radius 3 is 2.79 bits per heavy atom. The van der Waals surface area contributed by atoms with Gasteiger partial charge >= 0.3 is 0 Å². The lowest BCUT2D eigenvalue weighted by Crippen LogP contribution is -2.08. The molecule has 0 spiro atoms. The Morgan fingerprint density at radius 2 is 2.05 bits per heavy atom. The minimum Gasteiger partial charge on any atom is -0.493 e. The van der Waals surface area contributed by atoms with E-state index in [1.54, 1.807) is 6.20 Å². The zero-order valence-electron chi connectivity index (χ0n) is 10.7. The standard InChI is InChI=1S/C15H17ClN2O/c16-14-4-1-5-15(13(14)6-8-17)19-10-7-12-3-2-9-18-11-12/h1-5,9,11H,6-8,10,17H2. The zero-order valence-corrected chi connectivity index (χ0v) is 11.4. The van der Waals surface area contributed by atoms with Crippen molar-refractivity contribution in [1.82, 2.24) is 4.98 Å². The van der Waals surface area contributed by atoms with Crippen molar-refractivity contribution in [3.8, 4) is 5.75 Å². The lowest BCUT2D eigenvalue weighted by Gasteiger charge is -2.12. The number of hydrogen-bond donors (Lipinski definition) is 1. The van der Waals surface area contributed by atoms with Crippen molar-refractivity contribution in [3.05, 3.63) is 58.9 Å². The van der Waals surface area contributed by atoms with Crippen LogP contribution in [0.5, 0.6) is 5.75 Å². The van der Waals surface area contributed by atoms with Crippen LogP contribution in [0.3, 0.4) is 0 Å². The highest BCUT2D eigenvalue weighted by Crippen LogP contribution is 2.26. The first-order valence-corrected chi connectivity index (χ1v) is 6.68. The van der Waals surface area contributed by atoms with Gasteiger partial charge < -0.3 is 10.5 Å². The van der Waals surface area contributed by atoms with Gasteiger partial charge in [0.1, 0.15) is 5.75 Å². The summed E-state index contributed by atoms with van der Waals surface area (Å²) in [5, 5.41) is 0.712. The number of pyridine rings is 1. The van der Waals surface area contributed by atoms with Crippen LogP contribution in [0.2, 0.25) is 5.02 Å². The lowest BCUT2D eigenvalue weighted by molar-refractivity contribution is 0.318. The number of hydrogen-bond acceptors (Lipinski definition) is 3. The van der Waals surface area contributed by atoms with Crippen LogP contribution in [-0.4, -0.2) is 18.1 Å². The molecule has 100 valence electrons. The minimum absolute atomic E-state index is 0.558. The summed E-state index contributed by atoms with van der Waals surface area (Å²) >= 11 is 6.16. The van der Waals surface area contributed by atoms with Crippen molar-refractivity contribution in [2.75, 3.05) is 13.2 Å². The van der Waals surface area contributed by atoms with Crippen LogP contribution in [-0.2, 0) is 12.8 Å². The summed E-state index contributed by atoms with van der Waals surface area (Å²) in [6, 6.07) is 9.64. The Labute approximate surface area is 118 Å². The van der Waals surface area contributed by atoms with Crippen LogP contribution in [0.25, 0.3) is 0 Å². The van der Waals surface area contributed by atoms with Crippen LogP contribution >= 0.6 is 11.6 Å². The molecule has 0 aliphatic heterocycles. The molecule has 2 N–H and O–H groups in total. The second kappa shape index (κ2) is 7.12. The van der Waals surface area contributed by atoms with Gasteiger partial charge in [-0.05, 0) is 36.7 Å². The van der Waals surface area contributed by atoms with E-state index in [0.29, 0.717) is 18.2 Å². The number of aromatic nitrogens is 1. The van der Waals surface area contributed by atoms with Gasteiger partial charge in [-0.2, -0.15) is 0 Å². The highest BCUT2D eigenvalue weighted by Gasteiger charge is 2.07. The van der Waals surface area contributed by atoms with E-state index in [-0.39, 0.29) is 0 Å². The third-order valence-electron chi connectivity index (χ3n) is 2.84. The maximum Gasteiger partial charge on any atom is 0.124 e. The van der Waals surface area contributed by atoms with Crippen molar-refractivity contribution >= 4 is 11.6 Å². The number of nitrogens with two attached hydrogens (primary N) is 1. The van der Waals surface area contributed by atoms with Crippen molar-refractivity contribution in [2.24, 2.45) is 5.73 Å². The summed E-state index contributed by atoms with van der Waals surface area (Å²) in [6.45, 7) is 1.16. The molecule has 0 saturated heterocycles. The van der Waals surface area contributed by atoms with E-state index in [0.717, 1.165) is 29.7 Å². The summed E-state index contributed by atoms with van der Waals surface area (Å²) in [5.74, 6) is 0.821. The summed E-state index contributed by atoms with van der Waals surface area (Å²) in [7, 11) is 0. The number of rotatable bonds is 6. The van der Waals surface area contributed by atoms with Gasteiger partial charge in [0.25, 0.3) is 0 Å². The maximum atomic E-state index is 6.16. The molecule has 0 radical (unpaired) electrons. The molecule has 1 heterocycles. The number of halogens is 1. The zero-order chi connectivity index (χ0) is 13.5. The monoisotopic (exact) mass is 276 g/mol. The van der Waals surface area contributed by atoms with Crippen LogP contribution in [0.15, 0.2) is 42.7 Å². The molecule has 2 rings (SSSR count). The Bertz CT molecular complexity index is 517. The fourth-order valence-electron chi connectivity index (χ4n) is 1.89. The topological polar surface area (TPSA) is 48.1 Å². The van der Waals surface area contributed by atoms with Gasteiger partial charge in [0, 0.05) is 29.4 Å². The summed E-state index contributed by atoms with van der Waals surface area (Å²) in [5.41, 5.74) is 7.74. The average Bonchev–Trinajstić information content (AvgIpc) is 2.44. The van der Waals surface area contributed by atoms with Crippen LogP contribution < -0.4 is 10.5 Å². The molecule has 3 nitrogen and oxygen atoms in total. The lowest BCUT2D eigenvalue weighted by atomic mass is 10.1. The van der Waals surface area contributed by atoms with E-state index in [9.17, 15) is 0 Å². The van der Waals surface area contributed by atoms with E-state index < -0.39 is 0 Å². The Balaban J connectivity index is 1.97. The highest BCUT2D eigenvalue weighted by atomic mass is 35.5. The number of nitrogens with zero attached hydrogens (tertiary/aromatic N) is 1. The van der Waals surface area contributed by atoms with Gasteiger partial charge in [-0.3, -0.25) is 4.98 Å². The largest absolute Gasteiger partial charge is 0.493 e. The molecule has 0 aliphatic rings. The maximum absolute atomic E-state index is 6.16. The molecular formula is C15H17ClN2O. The molecule has 0 unspecified atom stereocenters. The number of benzene rings is 1. The summed E-state index contributed by atoms with van der Waals surface area (Å²) in [6.07, 6.45) is 5.16. The molecule has 1 aromatic heterocycles. The van der Waals surface area contributed by atoms with Gasteiger partial charge in [-0.15, -0.1) is 0 Å². The highest BCUT2D eigenvalue weighted by molar-refractivity contribution is 6.31. The molecule has 19 heavy (non-hydrogen) atoms. The first-order chi connectivity index (χ1) is 9.31. The predicted octanol–water partition coefficient (Wildman–Crippen LogP) is 2.86. The molecule has 0 bridgehead atoms. The molecule has 1 aromatic carbocycles. The first-order valence-electron chi connectivity index (χ1n) is 6.30. The van der Waals surface area contributed by atoms with E-state index in [4.69, 9.17) is 22.1 Å². The van der Waals surface area contributed by atoms with Crippen LogP contribution in [0.4, 0.5) is 0 Å². The molecule has 0 amide bonds. The molecule has 0 atom stereocenters. The van der Waals surface area contributed by atoms with E-state index >= 15 is 0 Å². The molecule has 4 heteroatoms. The van der Waals surface area contributed by atoms with Crippen molar-refractivity contribution < 1.29 is 4.74 Å². The SMILES string of the molecule is NCCc1c(Cl)cccc1OCCc1cccnc1. The van der Waals surface area contributed by atoms with Crippen LogP contribution in [0, 0.1) is 0 Å². The molecule has 0 saturated carbocycles. The third-order valence-corrected chi connectivity index (χ3v) is 3.20. The summed E-state index contributed by atoms with van der Waals surface area (Å²) in [4.78, 5) is 4.08. The van der Waals surface area contributed by atoms with Gasteiger partial charge in [0.15, 0.2) is 0 Å². The van der Waals surface area contributed by atoms with E-state index in [1.807, 2.05) is 36.5 Å². The molecular weight excluding hydrogens is 260 g/mol. The average molecular weight is 277 g/mol. The molecule has 2 aromatic rings. The first kappa shape index (κ1) is 13.8. The van der Waals surface area contributed by atoms with Crippen molar-refractivity contribution in [2.45, 2.75) is 12.8 Å². The Kier molecular flexibility index (Phi) is 5.19. The second-order valence-corrected chi connectivity index (χ2v) is 4.62. The molecule has 0 fully saturated rings.